The summed E-state index contributed by atoms with van der Waals surface area (Å²) in [5.41, 5.74) is 4.14. The van der Waals surface area contributed by atoms with E-state index in [0.29, 0.717) is 16.4 Å². The van der Waals surface area contributed by atoms with Crippen LogP contribution in [0.4, 0.5) is 11.4 Å². The molecule has 4 nitrogen and oxygen atoms in total. The van der Waals surface area contributed by atoms with Crippen molar-refractivity contribution in [2.45, 2.75) is 27.2 Å². The van der Waals surface area contributed by atoms with E-state index in [-0.39, 0.29) is 12.3 Å². The third-order valence-electron chi connectivity index (χ3n) is 3.32. The molecule has 0 radical (unpaired) electrons. The predicted octanol–water partition coefficient (Wildman–Crippen LogP) is 4.23. The van der Waals surface area contributed by atoms with Gasteiger partial charge >= 0.3 is 0 Å². The van der Waals surface area contributed by atoms with Crippen molar-refractivity contribution in [1.82, 2.24) is 0 Å². The molecule has 23 heavy (non-hydrogen) atoms. The molecule has 0 aliphatic rings. The second-order valence-electron chi connectivity index (χ2n) is 5.58. The van der Waals surface area contributed by atoms with Gasteiger partial charge < -0.3 is 10.6 Å². The molecule has 0 fully saturated rings. The first kappa shape index (κ1) is 17.0. The second kappa shape index (κ2) is 7.29. The Morgan fingerprint density at radius 1 is 0.957 bits per heavy atom. The van der Waals surface area contributed by atoms with Crippen molar-refractivity contribution in [2.24, 2.45) is 0 Å². The lowest BCUT2D eigenvalue weighted by Crippen LogP contribution is -2.22. The van der Waals surface area contributed by atoms with Gasteiger partial charge in [0, 0.05) is 5.69 Å². The Morgan fingerprint density at radius 2 is 1.65 bits per heavy atom. The van der Waals surface area contributed by atoms with Gasteiger partial charge in [-0.3, -0.25) is 9.59 Å². The summed E-state index contributed by atoms with van der Waals surface area (Å²) in [7, 11) is 0. The number of halogens is 1. The van der Waals surface area contributed by atoms with Crippen molar-refractivity contribution in [1.29, 1.82) is 0 Å². The second-order valence-corrected chi connectivity index (χ2v) is 5.99. The minimum absolute atomic E-state index is 0.266. The zero-order valence-corrected chi connectivity index (χ0v) is 14.1. The third-order valence-corrected chi connectivity index (χ3v) is 3.62. The molecule has 2 aromatic carbocycles. The molecule has 2 rings (SSSR count). The van der Waals surface area contributed by atoms with Crippen LogP contribution in [0.3, 0.4) is 0 Å². The van der Waals surface area contributed by atoms with Gasteiger partial charge in [0.15, 0.2) is 0 Å². The molecular weight excluding hydrogens is 312 g/mol. The Kier molecular flexibility index (Phi) is 5.40. The van der Waals surface area contributed by atoms with Crippen LogP contribution in [0.2, 0.25) is 5.02 Å². The van der Waals surface area contributed by atoms with E-state index in [0.717, 1.165) is 16.7 Å². The maximum atomic E-state index is 12.0. The molecular formula is C18H19ClN2O2. The van der Waals surface area contributed by atoms with Crippen LogP contribution in [0, 0.1) is 20.8 Å². The van der Waals surface area contributed by atoms with Crippen molar-refractivity contribution in [3.63, 3.8) is 0 Å². The van der Waals surface area contributed by atoms with E-state index >= 15 is 0 Å². The molecule has 0 atom stereocenters. The van der Waals surface area contributed by atoms with E-state index in [2.05, 4.69) is 10.6 Å². The van der Waals surface area contributed by atoms with Gasteiger partial charge in [-0.2, -0.15) is 0 Å². The molecule has 0 heterocycles. The van der Waals surface area contributed by atoms with Crippen LogP contribution in [0.1, 0.15) is 23.1 Å². The van der Waals surface area contributed by atoms with Crippen molar-refractivity contribution in [3.05, 3.63) is 58.1 Å². The summed E-state index contributed by atoms with van der Waals surface area (Å²) in [5, 5.41) is 5.87. The summed E-state index contributed by atoms with van der Waals surface area (Å²) < 4.78 is 0. The zero-order chi connectivity index (χ0) is 17.0. The number of nitrogens with one attached hydrogen (secondary N) is 2. The van der Waals surface area contributed by atoms with E-state index in [1.807, 2.05) is 45.0 Å². The van der Waals surface area contributed by atoms with E-state index in [1.54, 1.807) is 12.1 Å². The van der Waals surface area contributed by atoms with Crippen LogP contribution in [0.25, 0.3) is 0 Å². The Morgan fingerprint density at radius 3 is 2.30 bits per heavy atom. The number of hydrogen-bond acceptors (Lipinski definition) is 2. The summed E-state index contributed by atoms with van der Waals surface area (Å²) in [6.07, 6.45) is -0.266. The average Bonchev–Trinajstić information content (AvgIpc) is 2.42. The van der Waals surface area contributed by atoms with Crippen molar-refractivity contribution in [2.75, 3.05) is 10.6 Å². The predicted molar refractivity (Wildman–Crippen MR) is 94.0 cm³/mol. The maximum Gasteiger partial charge on any atom is 0.233 e. The Balaban J connectivity index is 1.98. The fourth-order valence-corrected chi connectivity index (χ4v) is 2.70. The molecule has 0 aliphatic heterocycles. The highest BCUT2D eigenvalue weighted by Gasteiger charge is 2.13. The van der Waals surface area contributed by atoms with E-state index in [9.17, 15) is 9.59 Å². The van der Waals surface area contributed by atoms with Crippen LogP contribution < -0.4 is 10.6 Å². The number of carbonyl (C=O) groups excluding carboxylic acids is 2. The van der Waals surface area contributed by atoms with Crippen molar-refractivity contribution in [3.8, 4) is 0 Å². The largest absolute Gasteiger partial charge is 0.326 e. The highest BCUT2D eigenvalue weighted by molar-refractivity contribution is 6.34. The van der Waals surface area contributed by atoms with Gasteiger partial charge in [-0.25, -0.2) is 0 Å². The lowest BCUT2D eigenvalue weighted by molar-refractivity contribution is -0.123. The van der Waals surface area contributed by atoms with Crippen molar-refractivity contribution >= 4 is 34.8 Å². The molecule has 120 valence electrons. The molecule has 0 unspecified atom stereocenters. The molecule has 5 heteroatoms. The lowest BCUT2D eigenvalue weighted by atomic mass is 10.1. The van der Waals surface area contributed by atoms with Crippen LogP contribution in [-0.2, 0) is 9.59 Å². The summed E-state index contributed by atoms with van der Waals surface area (Å²) in [4.78, 5) is 24.0. The minimum atomic E-state index is -0.399. The topological polar surface area (TPSA) is 58.2 Å². The zero-order valence-electron chi connectivity index (χ0n) is 13.4. The SMILES string of the molecule is Cc1cccc(NC(=O)CC(=O)Nc2c(C)cc(C)cc2Cl)c1. The van der Waals surface area contributed by atoms with Crippen LogP contribution >= 0.6 is 11.6 Å². The summed E-state index contributed by atoms with van der Waals surface area (Å²) >= 11 is 6.15. The molecule has 0 aromatic heterocycles. The third kappa shape index (κ3) is 4.83. The average molecular weight is 331 g/mol. The highest BCUT2D eigenvalue weighted by atomic mass is 35.5. The van der Waals surface area contributed by atoms with Crippen LogP contribution in [0.5, 0.6) is 0 Å². The van der Waals surface area contributed by atoms with Gasteiger partial charge in [-0.05, 0) is 55.7 Å². The molecule has 2 N–H and O–H groups in total. The Bertz CT molecular complexity index is 733. The number of hydrogen-bond donors (Lipinski definition) is 2. The first-order valence-electron chi connectivity index (χ1n) is 7.28. The lowest BCUT2D eigenvalue weighted by Gasteiger charge is -2.12. The van der Waals surface area contributed by atoms with Gasteiger partial charge in [0.05, 0.1) is 10.7 Å². The van der Waals surface area contributed by atoms with Crippen molar-refractivity contribution < 1.29 is 9.59 Å². The fourth-order valence-electron chi connectivity index (χ4n) is 2.33. The van der Waals surface area contributed by atoms with Gasteiger partial charge in [0.2, 0.25) is 11.8 Å². The number of benzene rings is 2. The normalized spacial score (nSPS) is 10.3. The van der Waals surface area contributed by atoms with Crippen LogP contribution in [-0.4, -0.2) is 11.8 Å². The standard InChI is InChI=1S/C18H19ClN2O2/c1-11-5-4-6-14(8-11)20-16(22)10-17(23)21-18-13(3)7-12(2)9-15(18)19/h4-9H,10H2,1-3H3,(H,20,22)(H,21,23). The van der Waals surface area contributed by atoms with E-state index < -0.39 is 5.91 Å². The van der Waals surface area contributed by atoms with E-state index in [1.165, 1.54) is 0 Å². The fraction of sp³-hybridized carbons (Fsp3) is 0.222. The minimum Gasteiger partial charge on any atom is -0.326 e. The number of aryl methyl sites for hydroxylation is 3. The monoisotopic (exact) mass is 330 g/mol. The molecule has 0 saturated heterocycles. The van der Waals surface area contributed by atoms with Gasteiger partial charge in [-0.1, -0.05) is 29.8 Å². The number of amides is 2. The molecule has 0 bridgehead atoms. The molecule has 0 aliphatic carbocycles. The summed E-state index contributed by atoms with van der Waals surface area (Å²) in [6.45, 7) is 5.73. The Labute approximate surface area is 140 Å². The summed E-state index contributed by atoms with van der Waals surface area (Å²) in [6, 6.07) is 11.1. The Hall–Kier alpha value is -2.33. The first-order valence-corrected chi connectivity index (χ1v) is 7.66. The molecule has 2 amide bonds. The maximum absolute atomic E-state index is 12.0. The summed E-state index contributed by atoms with van der Waals surface area (Å²) in [5.74, 6) is -0.766. The number of anilines is 2. The molecule has 0 saturated carbocycles. The quantitative estimate of drug-likeness (QED) is 0.824. The van der Waals surface area contributed by atoms with Crippen LogP contribution in [0.15, 0.2) is 36.4 Å². The number of rotatable bonds is 4. The van der Waals surface area contributed by atoms with Gasteiger partial charge in [0.25, 0.3) is 0 Å². The number of carbonyl (C=O) groups is 2. The van der Waals surface area contributed by atoms with Gasteiger partial charge in [0.1, 0.15) is 6.42 Å². The van der Waals surface area contributed by atoms with Gasteiger partial charge in [-0.15, -0.1) is 0 Å². The highest BCUT2D eigenvalue weighted by Crippen LogP contribution is 2.27. The van der Waals surface area contributed by atoms with E-state index in [4.69, 9.17) is 11.6 Å². The molecule has 2 aromatic rings. The smallest absolute Gasteiger partial charge is 0.233 e. The first-order chi connectivity index (χ1) is 10.8. The molecule has 0 spiro atoms.